The van der Waals surface area contributed by atoms with Gasteiger partial charge in [0.25, 0.3) is 0 Å². The van der Waals surface area contributed by atoms with Crippen LogP contribution in [-0.2, 0) is 26.8 Å². The highest BCUT2D eigenvalue weighted by molar-refractivity contribution is 7.85. The van der Waals surface area contributed by atoms with E-state index in [0.29, 0.717) is 35.1 Å². The third kappa shape index (κ3) is 12.0. The number of amides is 2. The van der Waals surface area contributed by atoms with E-state index in [2.05, 4.69) is 10.6 Å². The van der Waals surface area contributed by atoms with Crippen LogP contribution < -0.4 is 10.6 Å². The molecule has 0 radical (unpaired) electrons. The summed E-state index contributed by atoms with van der Waals surface area (Å²) in [5.74, 6) is -0.935. The van der Waals surface area contributed by atoms with Crippen LogP contribution in [0, 0.1) is 23.7 Å². The monoisotopic (exact) mass is 632 g/mol. The zero-order valence-corrected chi connectivity index (χ0v) is 27.3. The predicted octanol–water partition coefficient (Wildman–Crippen LogP) is 5.28. The van der Waals surface area contributed by atoms with Crippen molar-refractivity contribution in [2.75, 3.05) is 12.3 Å². The highest BCUT2D eigenvalue weighted by atomic mass is 35.5. The first-order valence-electron chi connectivity index (χ1n) is 15.7. The maximum Gasteiger partial charge on any atom is 0.224 e. The molecule has 3 rings (SSSR count). The van der Waals surface area contributed by atoms with Crippen molar-refractivity contribution in [3.63, 3.8) is 0 Å². The van der Waals surface area contributed by atoms with E-state index in [9.17, 15) is 24.0 Å². The molecule has 7 nitrogen and oxygen atoms in total. The van der Waals surface area contributed by atoms with Gasteiger partial charge in [0, 0.05) is 22.2 Å². The number of aliphatic hydroxyl groups excluding tert-OH is 2. The molecule has 1 aliphatic rings. The molecule has 6 atom stereocenters. The average Bonchev–Trinajstić information content (AvgIpc) is 2.99. The second kappa shape index (κ2) is 17.9. The first-order valence-corrected chi connectivity index (χ1v) is 17.3. The Bertz CT molecular complexity index is 1160. The average molecular weight is 633 g/mol. The SMILES string of the molecule is CC(C)C[C@H](O)[C@H](O)[C@H](CC1CCCCC1)NC(=O)[C@H](C)CNC(=O)[C@H](Cc1ccccc1)CS(=O)c1ccc(Cl)cc1. The topological polar surface area (TPSA) is 116 Å². The van der Waals surface area contributed by atoms with E-state index >= 15 is 0 Å². The number of nitrogens with one attached hydrogen (secondary N) is 2. The Balaban J connectivity index is 1.64. The third-order valence-corrected chi connectivity index (χ3v) is 10.1. The number of hydrogen-bond acceptors (Lipinski definition) is 5. The molecule has 43 heavy (non-hydrogen) atoms. The lowest BCUT2D eigenvalue weighted by atomic mass is 9.82. The number of hydrogen-bond donors (Lipinski definition) is 4. The van der Waals surface area contributed by atoms with Crippen molar-refractivity contribution in [1.29, 1.82) is 0 Å². The molecule has 2 aromatic rings. The zero-order valence-electron chi connectivity index (χ0n) is 25.7. The van der Waals surface area contributed by atoms with Gasteiger partial charge in [-0.25, -0.2) is 0 Å². The van der Waals surface area contributed by atoms with Gasteiger partial charge in [-0.15, -0.1) is 0 Å². The van der Waals surface area contributed by atoms with Crippen LogP contribution in [0.3, 0.4) is 0 Å². The van der Waals surface area contributed by atoms with Gasteiger partial charge in [0.15, 0.2) is 0 Å². The summed E-state index contributed by atoms with van der Waals surface area (Å²) < 4.78 is 13.2. The minimum atomic E-state index is -1.42. The summed E-state index contributed by atoms with van der Waals surface area (Å²) in [4.78, 5) is 27.3. The van der Waals surface area contributed by atoms with E-state index in [1.165, 1.54) is 6.42 Å². The maximum atomic E-state index is 13.4. The summed E-state index contributed by atoms with van der Waals surface area (Å²) >= 11 is 5.99. The molecule has 238 valence electrons. The minimum Gasteiger partial charge on any atom is -0.390 e. The quantitative estimate of drug-likeness (QED) is 0.201. The van der Waals surface area contributed by atoms with Crippen molar-refractivity contribution in [2.24, 2.45) is 23.7 Å². The molecular formula is C34H49ClN2O5S. The maximum absolute atomic E-state index is 13.4. The lowest BCUT2D eigenvalue weighted by Gasteiger charge is -2.33. The molecule has 9 heteroatoms. The van der Waals surface area contributed by atoms with Crippen molar-refractivity contribution < 1.29 is 24.0 Å². The summed E-state index contributed by atoms with van der Waals surface area (Å²) in [7, 11) is -1.42. The van der Waals surface area contributed by atoms with Crippen LogP contribution in [0.15, 0.2) is 59.5 Å². The Morgan fingerprint density at radius 3 is 2.23 bits per heavy atom. The fraction of sp³-hybridized carbons (Fsp3) is 0.588. The summed E-state index contributed by atoms with van der Waals surface area (Å²) in [6.45, 7) is 5.82. The van der Waals surface area contributed by atoms with Gasteiger partial charge in [0.05, 0.1) is 34.8 Å². The summed E-state index contributed by atoms with van der Waals surface area (Å²) in [5, 5.41) is 28.2. The Morgan fingerprint density at radius 1 is 0.953 bits per heavy atom. The van der Waals surface area contributed by atoms with Gasteiger partial charge in [0.1, 0.15) is 6.10 Å². The smallest absolute Gasteiger partial charge is 0.224 e. The van der Waals surface area contributed by atoms with Crippen LogP contribution in [-0.4, -0.2) is 56.8 Å². The molecule has 1 aliphatic carbocycles. The molecule has 1 saturated carbocycles. The number of benzene rings is 2. The standard InChI is InChI=1S/C34H49ClN2O5S/c1-23(2)18-31(38)32(39)30(20-26-12-8-5-9-13-26)37-33(40)24(3)21-36-34(41)27(19-25-10-6-4-7-11-25)22-43(42)29-16-14-28(35)15-17-29/h4,6-7,10-11,14-17,23-24,26-27,30-32,38-39H,5,8-9,12-13,18-22H2,1-3H3,(H,36,41)(H,37,40)/t24-,27-,30+,31+,32-,43?/m1/s1. The molecule has 4 N–H and O–H groups in total. The number of aliphatic hydroxyl groups is 2. The molecule has 2 aromatic carbocycles. The highest BCUT2D eigenvalue weighted by Gasteiger charge is 2.32. The van der Waals surface area contributed by atoms with Gasteiger partial charge in [-0.2, -0.15) is 0 Å². The molecule has 1 fully saturated rings. The Labute approximate surface area is 264 Å². The molecule has 0 saturated heterocycles. The minimum absolute atomic E-state index is 0.102. The lowest BCUT2D eigenvalue weighted by Crippen LogP contribution is -2.52. The van der Waals surface area contributed by atoms with E-state index in [4.69, 9.17) is 11.6 Å². The van der Waals surface area contributed by atoms with E-state index in [0.717, 1.165) is 31.2 Å². The first-order chi connectivity index (χ1) is 20.5. The second-order valence-corrected chi connectivity index (χ2v) is 14.5. The zero-order chi connectivity index (χ0) is 31.4. The van der Waals surface area contributed by atoms with Gasteiger partial charge in [-0.1, -0.05) is 94.8 Å². The Morgan fingerprint density at radius 2 is 1.60 bits per heavy atom. The van der Waals surface area contributed by atoms with E-state index in [-0.39, 0.29) is 30.0 Å². The fourth-order valence-electron chi connectivity index (χ4n) is 5.76. The van der Waals surface area contributed by atoms with Gasteiger partial charge in [-0.3, -0.25) is 13.8 Å². The summed E-state index contributed by atoms with van der Waals surface area (Å²) in [6.07, 6.45) is 5.11. The van der Waals surface area contributed by atoms with Crippen LogP contribution in [0.5, 0.6) is 0 Å². The summed E-state index contributed by atoms with van der Waals surface area (Å²) in [5.41, 5.74) is 0.959. The van der Waals surface area contributed by atoms with Crippen molar-refractivity contribution in [3.05, 3.63) is 65.2 Å². The third-order valence-electron chi connectivity index (χ3n) is 8.31. The summed E-state index contributed by atoms with van der Waals surface area (Å²) in [6, 6.07) is 15.8. The molecule has 0 heterocycles. The first kappa shape index (κ1) is 35.2. The molecular weight excluding hydrogens is 584 g/mol. The molecule has 0 aromatic heterocycles. The van der Waals surface area contributed by atoms with Crippen molar-refractivity contribution in [1.82, 2.24) is 10.6 Å². The molecule has 2 amide bonds. The predicted molar refractivity (Wildman–Crippen MR) is 173 cm³/mol. The van der Waals surface area contributed by atoms with Gasteiger partial charge in [-0.05, 0) is 60.9 Å². The van der Waals surface area contributed by atoms with Crippen LogP contribution >= 0.6 is 11.6 Å². The fourth-order valence-corrected chi connectivity index (χ4v) is 7.16. The van der Waals surface area contributed by atoms with Crippen LogP contribution in [0.1, 0.15) is 71.3 Å². The number of carbonyl (C=O) groups excluding carboxylic acids is 2. The normalized spacial score (nSPS) is 18.3. The van der Waals surface area contributed by atoms with E-state index < -0.39 is 40.9 Å². The van der Waals surface area contributed by atoms with Crippen LogP contribution in [0.4, 0.5) is 0 Å². The largest absolute Gasteiger partial charge is 0.390 e. The van der Waals surface area contributed by atoms with Crippen molar-refractivity contribution in [3.8, 4) is 0 Å². The van der Waals surface area contributed by atoms with Gasteiger partial charge in [0.2, 0.25) is 11.8 Å². The lowest BCUT2D eigenvalue weighted by molar-refractivity contribution is -0.128. The van der Waals surface area contributed by atoms with Crippen molar-refractivity contribution >= 4 is 34.2 Å². The molecule has 1 unspecified atom stereocenters. The molecule has 0 spiro atoms. The Kier molecular flexibility index (Phi) is 14.7. The van der Waals surface area contributed by atoms with Crippen LogP contribution in [0.2, 0.25) is 5.02 Å². The number of rotatable bonds is 16. The number of carbonyl (C=O) groups is 2. The Hall–Kier alpha value is -2.26. The second-order valence-electron chi connectivity index (χ2n) is 12.5. The van der Waals surface area contributed by atoms with Gasteiger partial charge < -0.3 is 20.8 Å². The van der Waals surface area contributed by atoms with Crippen molar-refractivity contribution in [2.45, 2.75) is 95.3 Å². The number of halogens is 1. The molecule has 0 bridgehead atoms. The van der Waals surface area contributed by atoms with E-state index in [1.54, 1.807) is 31.2 Å². The van der Waals surface area contributed by atoms with E-state index in [1.807, 2.05) is 44.2 Å². The molecule has 0 aliphatic heterocycles. The van der Waals surface area contributed by atoms with Crippen LogP contribution in [0.25, 0.3) is 0 Å². The highest BCUT2D eigenvalue weighted by Crippen LogP contribution is 2.29. The van der Waals surface area contributed by atoms with Gasteiger partial charge >= 0.3 is 0 Å².